The summed E-state index contributed by atoms with van der Waals surface area (Å²) in [5.41, 5.74) is 2.68. The minimum absolute atomic E-state index is 1.34. The molecule has 1 rings (SSSR count). The summed E-state index contributed by atoms with van der Waals surface area (Å²) in [5, 5.41) is 0. The number of carbonyl (C=O) groups is 2. The smallest absolute Gasteiger partial charge is 0.106 e. The van der Waals surface area contributed by atoms with Gasteiger partial charge in [0.15, 0.2) is 0 Å². The highest BCUT2D eigenvalue weighted by Crippen LogP contribution is 2.00. The summed E-state index contributed by atoms with van der Waals surface area (Å²) in [4.78, 5) is 16.0. The van der Waals surface area contributed by atoms with Crippen LogP contribution in [-0.2, 0) is 9.59 Å². The monoisotopic (exact) mass is 166 g/mol. The third kappa shape index (κ3) is 6.68. The second-order valence-corrected chi connectivity index (χ2v) is 2.16. The first-order chi connectivity index (χ1) is 5.79. The van der Waals surface area contributed by atoms with Crippen molar-refractivity contribution in [2.45, 2.75) is 13.8 Å². The molecule has 0 radical (unpaired) electrons. The lowest BCUT2D eigenvalue weighted by Crippen LogP contribution is -1.71. The minimum atomic E-state index is 1.34. The summed E-state index contributed by atoms with van der Waals surface area (Å²) >= 11 is 0. The number of carbonyl (C=O) groups excluding carboxylic acids is 2. The molecule has 0 aromatic heterocycles. The van der Waals surface area contributed by atoms with E-state index in [4.69, 9.17) is 9.59 Å². The molecule has 0 atom stereocenters. The molecule has 0 amide bonds. The summed E-state index contributed by atoms with van der Waals surface area (Å²) in [6, 6.07) is 8.45. The molecule has 0 spiro atoms. The first-order valence-corrected chi connectivity index (χ1v) is 3.40. The molecule has 0 saturated carbocycles. The first kappa shape index (κ1) is 13.2. The average Bonchev–Trinajstić information content (AvgIpc) is 2.11. The fourth-order valence-corrected chi connectivity index (χ4v) is 0.807. The molecule has 0 fully saturated rings. The van der Waals surface area contributed by atoms with E-state index >= 15 is 0 Å². The molecule has 2 heteroatoms. The molecule has 0 unspecified atom stereocenters. The van der Waals surface area contributed by atoms with Gasteiger partial charge in [-0.1, -0.05) is 35.4 Å². The molecule has 0 bridgehead atoms. The van der Waals surface area contributed by atoms with Crippen molar-refractivity contribution in [3.8, 4) is 0 Å². The second kappa shape index (κ2) is 9.56. The Balaban J connectivity index is 0. The van der Waals surface area contributed by atoms with Crippen molar-refractivity contribution in [3.05, 3.63) is 35.4 Å². The molecule has 0 heterocycles. The lowest BCUT2D eigenvalue weighted by Gasteiger charge is -1.90. The van der Waals surface area contributed by atoms with E-state index in [1.807, 2.05) is 13.6 Å². The zero-order valence-corrected chi connectivity index (χ0v) is 7.54. The van der Waals surface area contributed by atoms with Crippen LogP contribution in [0.4, 0.5) is 0 Å². The van der Waals surface area contributed by atoms with Crippen molar-refractivity contribution >= 4 is 13.6 Å². The van der Waals surface area contributed by atoms with Gasteiger partial charge >= 0.3 is 0 Å². The Hall–Kier alpha value is -1.44. The molecule has 66 valence electrons. The van der Waals surface area contributed by atoms with Gasteiger partial charge in [-0.05, 0) is 13.8 Å². The topological polar surface area (TPSA) is 34.1 Å². The van der Waals surface area contributed by atoms with Gasteiger partial charge in [-0.15, -0.1) is 0 Å². The van der Waals surface area contributed by atoms with Crippen molar-refractivity contribution in [2.75, 3.05) is 0 Å². The van der Waals surface area contributed by atoms with Crippen LogP contribution in [0.2, 0.25) is 0 Å². The second-order valence-electron chi connectivity index (χ2n) is 2.16. The standard InChI is InChI=1S/C8H10.2CH2O/c1-7-4-3-5-8(2)6-7;2*1-2/h3-6H,1-2H3;2*1H2. The van der Waals surface area contributed by atoms with Crippen LogP contribution in [0.15, 0.2) is 24.3 Å². The summed E-state index contributed by atoms with van der Waals surface area (Å²) in [6.07, 6.45) is 0. The molecule has 0 aliphatic carbocycles. The molecule has 0 N–H and O–H groups in total. The number of benzene rings is 1. The van der Waals surface area contributed by atoms with E-state index in [1.54, 1.807) is 0 Å². The van der Waals surface area contributed by atoms with Gasteiger partial charge in [0, 0.05) is 0 Å². The molecule has 0 saturated heterocycles. The van der Waals surface area contributed by atoms with Gasteiger partial charge in [-0.25, -0.2) is 0 Å². The Morgan fingerprint density at radius 2 is 1.25 bits per heavy atom. The highest BCUT2D eigenvalue weighted by molar-refractivity contribution is 5.20. The van der Waals surface area contributed by atoms with E-state index in [-0.39, 0.29) is 0 Å². The van der Waals surface area contributed by atoms with E-state index in [2.05, 4.69) is 38.1 Å². The quantitative estimate of drug-likeness (QED) is 0.590. The molecule has 0 aliphatic rings. The number of hydrogen-bond donors (Lipinski definition) is 0. The molecule has 1 aromatic rings. The van der Waals surface area contributed by atoms with Gasteiger partial charge in [0.2, 0.25) is 0 Å². The summed E-state index contributed by atoms with van der Waals surface area (Å²) in [6.45, 7) is 8.21. The SMILES string of the molecule is C=O.C=O.Cc1cccc(C)c1. The van der Waals surface area contributed by atoms with Crippen LogP contribution < -0.4 is 0 Å². The van der Waals surface area contributed by atoms with Gasteiger partial charge in [0.25, 0.3) is 0 Å². The fraction of sp³-hybridized carbons (Fsp3) is 0.200. The molecular weight excluding hydrogens is 152 g/mol. The predicted octanol–water partition coefficient (Wildman–Crippen LogP) is 1.93. The van der Waals surface area contributed by atoms with Crippen molar-refractivity contribution in [2.24, 2.45) is 0 Å². The van der Waals surface area contributed by atoms with E-state index in [9.17, 15) is 0 Å². The Morgan fingerprint density at radius 1 is 0.917 bits per heavy atom. The summed E-state index contributed by atoms with van der Waals surface area (Å²) in [5.74, 6) is 0. The summed E-state index contributed by atoms with van der Waals surface area (Å²) in [7, 11) is 0. The zero-order valence-electron chi connectivity index (χ0n) is 7.54. The normalized spacial score (nSPS) is 6.83. The molecule has 1 aromatic carbocycles. The molecular formula is C10H14O2. The zero-order chi connectivity index (χ0) is 9.98. The largest absolute Gasteiger partial charge is 0.307 e. The third-order valence-corrected chi connectivity index (χ3v) is 1.17. The van der Waals surface area contributed by atoms with E-state index in [0.717, 1.165) is 0 Å². The van der Waals surface area contributed by atoms with Gasteiger partial charge in [-0.3, -0.25) is 0 Å². The summed E-state index contributed by atoms with van der Waals surface area (Å²) < 4.78 is 0. The van der Waals surface area contributed by atoms with Crippen LogP contribution in [0.25, 0.3) is 0 Å². The molecule has 0 aliphatic heterocycles. The number of aryl methyl sites for hydroxylation is 2. The van der Waals surface area contributed by atoms with Crippen LogP contribution in [0, 0.1) is 13.8 Å². The highest BCUT2D eigenvalue weighted by Gasteiger charge is 1.80. The Bertz CT molecular complexity index is 189. The van der Waals surface area contributed by atoms with Gasteiger partial charge in [0.05, 0.1) is 0 Å². The van der Waals surface area contributed by atoms with Crippen LogP contribution >= 0.6 is 0 Å². The molecule has 2 nitrogen and oxygen atoms in total. The van der Waals surface area contributed by atoms with E-state index in [1.165, 1.54) is 11.1 Å². The van der Waals surface area contributed by atoms with Gasteiger partial charge < -0.3 is 9.59 Å². The maximum Gasteiger partial charge on any atom is 0.106 e. The number of rotatable bonds is 0. The predicted molar refractivity (Wildman–Crippen MR) is 50.2 cm³/mol. The van der Waals surface area contributed by atoms with Crippen LogP contribution in [0.5, 0.6) is 0 Å². The van der Waals surface area contributed by atoms with Crippen molar-refractivity contribution < 1.29 is 9.59 Å². The van der Waals surface area contributed by atoms with Gasteiger partial charge in [0.1, 0.15) is 13.6 Å². The lowest BCUT2D eigenvalue weighted by molar-refractivity contribution is -0.0987. The lowest BCUT2D eigenvalue weighted by atomic mass is 10.2. The Labute approximate surface area is 73.2 Å². The van der Waals surface area contributed by atoms with Gasteiger partial charge in [-0.2, -0.15) is 0 Å². The van der Waals surface area contributed by atoms with Crippen molar-refractivity contribution in [1.29, 1.82) is 0 Å². The van der Waals surface area contributed by atoms with Crippen LogP contribution in [-0.4, -0.2) is 13.6 Å². The van der Waals surface area contributed by atoms with Crippen molar-refractivity contribution in [3.63, 3.8) is 0 Å². The Morgan fingerprint density at radius 3 is 1.42 bits per heavy atom. The van der Waals surface area contributed by atoms with Crippen molar-refractivity contribution in [1.82, 2.24) is 0 Å². The molecule has 12 heavy (non-hydrogen) atoms. The first-order valence-electron chi connectivity index (χ1n) is 3.40. The Kier molecular flexibility index (Phi) is 10.5. The third-order valence-electron chi connectivity index (χ3n) is 1.17. The fourth-order valence-electron chi connectivity index (χ4n) is 0.807. The average molecular weight is 166 g/mol. The van der Waals surface area contributed by atoms with E-state index in [0.29, 0.717) is 0 Å². The van der Waals surface area contributed by atoms with E-state index < -0.39 is 0 Å². The minimum Gasteiger partial charge on any atom is -0.307 e. The maximum atomic E-state index is 8.00. The highest BCUT2D eigenvalue weighted by atomic mass is 16.1. The number of hydrogen-bond acceptors (Lipinski definition) is 2. The van der Waals surface area contributed by atoms with Crippen LogP contribution in [0.1, 0.15) is 11.1 Å². The van der Waals surface area contributed by atoms with Crippen LogP contribution in [0.3, 0.4) is 0 Å². The maximum absolute atomic E-state index is 8.00.